The van der Waals surface area contributed by atoms with Gasteiger partial charge in [-0.15, -0.1) is 11.3 Å². The van der Waals surface area contributed by atoms with Gasteiger partial charge in [0.25, 0.3) is 5.91 Å². The molecule has 1 saturated heterocycles. The van der Waals surface area contributed by atoms with Gasteiger partial charge < -0.3 is 19.7 Å². The molecule has 0 unspecified atom stereocenters. The summed E-state index contributed by atoms with van der Waals surface area (Å²) in [5.41, 5.74) is 2.18. The van der Waals surface area contributed by atoms with Crippen molar-refractivity contribution in [2.75, 3.05) is 44.9 Å². The average Bonchev–Trinajstić information content (AvgIpc) is 3.31. The van der Waals surface area contributed by atoms with Crippen molar-refractivity contribution in [3.05, 3.63) is 65.2 Å². The van der Waals surface area contributed by atoms with E-state index in [9.17, 15) is 4.79 Å². The van der Waals surface area contributed by atoms with Gasteiger partial charge >= 0.3 is 0 Å². The summed E-state index contributed by atoms with van der Waals surface area (Å²) in [6, 6.07) is 15.9. The second kappa shape index (κ2) is 9.73. The number of methoxy groups -OCH3 is 1. The van der Waals surface area contributed by atoms with Gasteiger partial charge in [-0.3, -0.25) is 4.79 Å². The highest BCUT2D eigenvalue weighted by Crippen LogP contribution is 2.28. The van der Waals surface area contributed by atoms with Crippen LogP contribution in [0.2, 0.25) is 0 Å². The number of thiophene rings is 1. The van der Waals surface area contributed by atoms with Crippen molar-refractivity contribution in [3.8, 4) is 16.2 Å². The van der Waals surface area contributed by atoms with Crippen molar-refractivity contribution < 1.29 is 14.3 Å². The summed E-state index contributed by atoms with van der Waals surface area (Å²) < 4.78 is 10.6. The van der Waals surface area contributed by atoms with Crippen LogP contribution < -0.4 is 15.0 Å². The number of morpholine rings is 1. The predicted molar refractivity (Wildman–Crippen MR) is 120 cm³/mol. The molecule has 2 aromatic heterocycles. The zero-order valence-corrected chi connectivity index (χ0v) is 17.8. The van der Waals surface area contributed by atoms with E-state index >= 15 is 0 Å². The molecule has 3 heterocycles. The second-order valence-corrected chi connectivity index (χ2v) is 8.11. The molecule has 1 amide bonds. The molecule has 4 rings (SSSR count). The fourth-order valence-corrected chi connectivity index (χ4v) is 4.24. The lowest BCUT2D eigenvalue weighted by Gasteiger charge is -2.27. The minimum atomic E-state index is -0.0438. The fourth-order valence-electron chi connectivity index (χ4n) is 3.33. The number of carbonyl (C=O) groups excluding carboxylic acids is 1. The van der Waals surface area contributed by atoms with Gasteiger partial charge in [-0.2, -0.15) is 0 Å². The molecule has 0 bridgehead atoms. The van der Waals surface area contributed by atoms with Gasteiger partial charge in [-0.25, -0.2) is 4.98 Å². The number of hydrogen-bond acceptors (Lipinski definition) is 6. The molecule has 1 aromatic carbocycles. The first kappa shape index (κ1) is 20.4. The second-order valence-electron chi connectivity index (χ2n) is 7.02. The van der Waals surface area contributed by atoms with Crippen molar-refractivity contribution in [2.24, 2.45) is 0 Å². The molecule has 30 heavy (non-hydrogen) atoms. The van der Waals surface area contributed by atoms with E-state index in [4.69, 9.17) is 9.47 Å². The van der Waals surface area contributed by atoms with Crippen molar-refractivity contribution in [2.45, 2.75) is 6.42 Å². The van der Waals surface area contributed by atoms with Crippen molar-refractivity contribution in [1.29, 1.82) is 0 Å². The monoisotopic (exact) mass is 423 g/mol. The minimum Gasteiger partial charge on any atom is -0.497 e. The molecule has 156 valence electrons. The third kappa shape index (κ3) is 4.98. The Balaban J connectivity index is 1.32. The number of amides is 1. The van der Waals surface area contributed by atoms with Gasteiger partial charge in [0, 0.05) is 36.3 Å². The SMILES string of the molecule is COc1ccc(CCNC(=O)c2ccc(-c3ccc(N4CCOCC4)nc3)s2)cc1. The summed E-state index contributed by atoms with van der Waals surface area (Å²) in [7, 11) is 1.65. The van der Waals surface area contributed by atoms with Gasteiger partial charge in [0.15, 0.2) is 0 Å². The molecule has 1 aliphatic heterocycles. The van der Waals surface area contributed by atoms with Crippen molar-refractivity contribution in [1.82, 2.24) is 10.3 Å². The first-order chi connectivity index (χ1) is 14.7. The minimum absolute atomic E-state index is 0.0438. The van der Waals surface area contributed by atoms with E-state index in [-0.39, 0.29) is 5.91 Å². The Labute approximate surface area is 180 Å². The summed E-state index contributed by atoms with van der Waals surface area (Å²) in [6.45, 7) is 3.81. The predicted octanol–water partition coefficient (Wildman–Crippen LogP) is 3.63. The number of nitrogens with one attached hydrogen (secondary N) is 1. The lowest BCUT2D eigenvalue weighted by Crippen LogP contribution is -2.36. The van der Waals surface area contributed by atoms with Crippen LogP contribution in [0.1, 0.15) is 15.2 Å². The van der Waals surface area contributed by atoms with E-state index in [0.29, 0.717) is 11.4 Å². The van der Waals surface area contributed by atoms with Crippen LogP contribution in [0.5, 0.6) is 5.75 Å². The Hall–Kier alpha value is -2.90. The average molecular weight is 424 g/mol. The summed E-state index contributed by atoms with van der Waals surface area (Å²) >= 11 is 1.48. The number of nitrogens with zero attached hydrogens (tertiary/aromatic N) is 2. The molecule has 1 aliphatic rings. The Kier molecular flexibility index (Phi) is 6.61. The molecule has 1 N–H and O–H groups in total. The highest BCUT2D eigenvalue weighted by molar-refractivity contribution is 7.17. The maximum Gasteiger partial charge on any atom is 0.261 e. The van der Waals surface area contributed by atoms with Crippen LogP contribution in [0, 0.1) is 0 Å². The van der Waals surface area contributed by atoms with Gasteiger partial charge in [0.2, 0.25) is 0 Å². The molecular weight excluding hydrogens is 398 g/mol. The highest BCUT2D eigenvalue weighted by Gasteiger charge is 2.14. The normalized spacial score (nSPS) is 13.8. The van der Waals surface area contributed by atoms with Crippen molar-refractivity contribution in [3.63, 3.8) is 0 Å². The molecule has 7 heteroatoms. The highest BCUT2D eigenvalue weighted by atomic mass is 32.1. The fraction of sp³-hybridized carbons (Fsp3) is 0.304. The molecule has 0 aliphatic carbocycles. The molecule has 3 aromatic rings. The number of rotatable bonds is 7. The summed E-state index contributed by atoms with van der Waals surface area (Å²) in [5, 5.41) is 3.00. The third-order valence-corrected chi connectivity index (χ3v) is 6.19. The van der Waals surface area contributed by atoms with Crippen LogP contribution in [0.3, 0.4) is 0 Å². The van der Waals surface area contributed by atoms with E-state index < -0.39 is 0 Å². The Morgan fingerprint density at radius 3 is 2.63 bits per heavy atom. The summed E-state index contributed by atoms with van der Waals surface area (Å²) in [5.74, 6) is 1.76. The van der Waals surface area contributed by atoms with Crippen molar-refractivity contribution >= 4 is 23.1 Å². The number of hydrogen-bond donors (Lipinski definition) is 1. The lowest BCUT2D eigenvalue weighted by atomic mass is 10.1. The van der Waals surface area contributed by atoms with Crippen LogP contribution in [0.15, 0.2) is 54.7 Å². The van der Waals surface area contributed by atoms with Gasteiger partial charge in [0.1, 0.15) is 11.6 Å². The standard InChI is InChI=1S/C23H25N3O3S/c1-28-19-5-2-17(3-6-19)10-11-24-23(27)21-8-7-20(30-21)18-4-9-22(25-16-18)26-12-14-29-15-13-26/h2-9,16H,10-15H2,1H3,(H,24,27). The van der Waals surface area contributed by atoms with Crippen LogP contribution in [-0.4, -0.2) is 50.8 Å². The van der Waals surface area contributed by atoms with E-state index in [0.717, 1.165) is 60.3 Å². The van der Waals surface area contributed by atoms with Crippen LogP contribution >= 0.6 is 11.3 Å². The Morgan fingerprint density at radius 1 is 1.13 bits per heavy atom. The third-order valence-electron chi connectivity index (χ3n) is 5.06. The molecule has 0 radical (unpaired) electrons. The summed E-state index contributed by atoms with van der Waals surface area (Å²) in [4.78, 5) is 21.1. The zero-order valence-electron chi connectivity index (χ0n) is 17.0. The summed E-state index contributed by atoms with van der Waals surface area (Å²) in [6.07, 6.45) is 2.66. The zero-order chi connectivity index (χ0) is 20.8. The first-order valence-electron chi connectivity index (χ1n) is 10.0. The maximum absolute atomic E-state index is 12.5. The number of carbonyl (C=O) groups is 1. The number of aromatic nitrogens is 1. The molecular formula is C23H25N3O3S. The molecule has 6 nitrogen and oxygen atoms in total. The molecule has 1 fully saturated rings. The Morgan fingerprint density at radius 2 is 1.93 bits per heavy atom. The van der Waals surface area contributed by atoms with E-state index in [1.807, 2.05) is 48.7 Å². The topological polar surface area (TPSA) is 63.7 Å². The van der Waals surface area contributed by atoms with Crippen LogP contribution in [-0.2, 0) is 11.2 Å². The lowest BCUT2D eigenvalue weighted by molar-refractivity contribution is 0.0958. The number of anilines is 1. The van der Waals surface area contributed by atoms with Gasteiger partial charge in [-0.05, 0) is 48.4 Å². The quantitative estimate of drug-likeness (QED) is 0.629. The van der Waals surface area contributed by atoms with E-state index in [1.165, 1.54) is 11.3 Å². The molecule has 0 saturated carbocycles. The molecule has 0 atom stereocenters. The number of pyridine rings is 1. The van der Waals surface area contributed by atoms with E-state index in [1.54, 1.807) is 7.11 Å². The largest absolute Gasteiger partial charge is 0.497 e. The Bertz CT molecular complexity index is 964. The molecule has 0 spiro atoms. The number of benzene rings is 1. The maximum atomic E-state index is 12.5. The van der Waals surface area contributed by atoms with Crippen LogP contribution in [0.25, 0.3) is 10.4 Å². The number of ether oxygens (including phenoxy) is 2. The van der Waals surface area contributed by atoms with Gasteiger partial charge in [-0.1, -0.05) is 12.1 Å². The van der Waals surface area contributed by atoms with Crippen LogP contribution in [0.4, 0.5) is 5.82 Å². The van der Waals surface area contributed by atoms with E-state index in [2.05, 4.69) is 21.3 Å². The van der Waals surface area contributed by atoms with Gasteiger partial charge in [0.05, 0.1) is 25.2 Å². The smallest absolute Gasteiger partial charge is 0.261 e. The first-order valence-corrected chi connectivity index (χ1v) is 10.8.